The van der Waals surface area contributed by atoms with Gasteiger partial charge in [0, 0.05) is 24.2 Å². The predicted octanol–water partition coefficient (Wildman–Crippen LogP) is 3.93. The summed E-state index contributed by atoms with van der Waals surface area (Å²) in [5.41, 5.74) is 0.659. The van der Waals surface area contributed by atoms with Crippen molar-refractivity contribution in [3.8, 4) is 0 Å². The number of aryl methyl sites for hydroxylation is 1. The smallest absolute Gasteiger partial charge is 0.292 e. The molecule has 0 bridgehead atoms. The van der Waals surface area contributed by atoms with Crippen molar-refractivity contribution in [3.05, 3.63) is 69.0 Å². The molecular formula is C14H11F3N2O2. The second-order valence-electron chi connectivity index (χ2n) is 4.49. The van der Waals surface area contributed by atoms with Crippen LogP contribution in [0.25, 0.3) is 0 Å². The van der Waals surface area contributed by atoms with Gasteiger partial charge in [0.05, 0.1) is 4.92 Å². The molecule has 0 radical (unpaired) electrons. The average Bonchev–Trinajstić information content (AvgIpc) is 2.41. The molecule has 21 heavy (non-hydrogen) atoms. The minimum Gasteiger partial charge on any atom is -0.375 e. The Balaban J connectivity index is 2.26. The second-order valence-corrected chi connectivity index (χ2v) is 4.49. The molecule has 0 aliphatic heterocycles. The van der Waals surface area contributed by atoms with E-state index in [1.807, 2.05) is 0 Å². The topological polar surface area (TPSA) is 55.2 Å². The SMILES string of the molecule is Cc1ccc([N+](=O)[O-])c(NCc2cc(F)c(F)cc2F)c1. The Morgan fingerprint density at radius 3 is 2.43 bits per heavy atom. The van der Waals surface area contributed by atoms with Crippen molar-refractivity contribution in [2.45, 2.75) is 13.5 Å². The molecule has 0 aromatic heterocycles. The summed E-state index contributed by atoms with van der Waals surface area (Å²) in [6.45, 7) is 1.54. The molecule has 2 aromatic carbocycles. The van der Waals surface area contributed by atoms with E-state index in [0.717, 1.165) is 11.6 Å². The molecule has 2 aromatic rings. The Kier molecular flexibility index (Phi) is 4.11. The van der Waals surface area contributed by atoms with E-state index in [-0.39, 0.29) is 23.5 Å². The van der Waals surface area contributed by atoms with Crippen molar-refractivity contribution >= 4 is 11.4 Å². The minimum atomic E-state index is -1.28. The highest BCUT2D eigenvalue weighted by Crippen LogP contribution is 2.26. The standard InChI is InChI=1S/C14H11F3N2O2/c1-8-2-3-14(19(20)21)13(4-8)18-7-9-5-11(16)12(17)6-10(9)15/h2-6,18H,7H2,1H3. The molecular weight excluding hydrogens is 285 g/mol. The van der Waals surface area contributed by atoms with Crippen LogP contribution in [0.15, 0.2) is 30.3 Å². The molecule has 1 N–H and O–H groups in total. The third-order valence-electron chi connectivity index (χ3n) is 2.91. The largest absolute Gasteiger partial charge is 0.375 e. The van der Waals surface area contributed by atoms with Gasteiger partial charge in [-0.2, -0.15) is 0 Å². The van der Waals surface area contributed by atoms with Crippen molar-refractivity contribution in [2.24, 2.45) is 0 Å². The summed E-state index contributed by atoms with van der Waals surface area (Å²) in [6.07, 6.45) is 0. The summed E-state index contributed by atoms with van der Waals surface area (Å²) in [7, 11) is 0. The Hall–Kier alpha value is -2.57. The first-order valence-electron chi connectivity index (χ1n) is 6.01. The van der Waals surface area contributed by atoms with Gasteiger partial charge in [0.1, 0.15) is 11.5 Å². The molecule has 0 atom stereocenters. The molecule has 110 valence electrons. The van der Waals surface area contributed by atoms with Crippen LogP contribution >= 0.6 is 0 Å². The van der Waals surface area contributed by atoms with Crippen molar-refractivity contribution in [1.29, 1.82) is 0 Å². The van der Waals surface area contributed by atoms with Crippen LogP contribution in [0.3, 0.4) is 0 Å². The zero-order valence-corrected chi connectivity index (χ0v) is 11.0. The maximum absolute atomic E-state index is 13.5. The van der Waals surface area contributed by atoms with Crippen LogP contribution < -0.4 is 5.32 Å². The van der Waals surface area contributed by atoms with Crippen LogP contribution in [0.5, 0.6) is 0 Å². The Morgan fingerprint density at radius 2 is 1.76 bits per heavy atom. The van der Waals surface area contributed by atoms with Gasteiger partial charge in [-0.05, 0) is 24.6 Å². The lowest BCUT2D eigenvalue weighted by Crippen LogP contribution is -2.06. The number of hydrogen-bond donors (Lipinski definition) is 1. The summed E-state index contributed by atoms with van der Waals surface area (Å²) in [5, 5.41) is 13.6. The molecule has 0 fully saturated rings. The Bertz CT molecular complexity index is 705. The van der Waals surface area contributed by atoms with Gasteiger partial charge in [-0.25, -0.2) is 13.2 Å². The summed E-state index contributed by atoms with van der Waals surface area (Å²) < 4.78 is 39.4. The highest BCUT2D eigenvalue weighted by Gasteiger charge is 2.15. The van der Waals surface area contributed by atoms with Gasteiger partial charge >= 0.3 is 0 Å². The normalized spacial score (nSPS) is 10.5. The Morgan fingerprint density at radius 1 is 1.10 bits per heavy atom. The van der Waals surface area contributed by atoms with Crippen molar-refractivity contribution in [1.82, 2.24) is 0 Å². The highest BCUT2D eigenvalue weighted by molar-refractivity contribution is 5.62. The van der Waals surface area contributed by atoms with E-state index in [9.17, 15) is 23.3 Å². The van der Waals surface area contributed by atoms with E-state index in [4.69, 9.17) is 0 Å². The van der Waals surface area contributed by atoms with Gasteiger partial charge in [-0.15, -0.1) is 0 Å². The van der Waals surface area contributed by atoms with Gasteiger partial charge in [0.25, 0.3) is 5.69 Å². The number of halogens is 3. The number of anilines is 1. The zero-order valence-electron chi connectivity index (χ0n) is 11.0. The van der Waals surface area contributed by atoms with Crippen LogP contribution in [0.1, 0.15) is 11.1 Å². The van der Waals surface area contributed by atoms with E-state index >= 15 is 0 Å². The average molecular weight is 296 g/mol. The predicted molar refractivity (Wildman–Crippen MR) is 71.5 cm³/mol. The maximum Gasteiger partial charge on any atom is 0.292 e. The van der Waals surface area contributed by atoms with Gasteiger partial charge in [-0.3, -0.25) is 10.1 Å². The van der Waals surface area contributed by atoms with Crippen molar-refractivity contribution < 1.29 is 18.1 Å². The van der Waals surface area contributed by atoms with Crippen LogP contribution in [0.2, 0.25) is 0 Å². The minimum absolute atomic E-state index is 0.121. The molecule has 4 nitrogen and oxygen atoms in total. The molecule has 0 saturated carbocycles. The van der Waals surface area contributed by atoms with Crippen LogP contribution in [0, 0.1) is 34.5 Å². The van der Waals surface area contributed by atoms with Crippen LogP contribution in [-0.2, 0) is 6.54 Å². The fourth-order valence-electron chi connectivity index (χ4n) is 1.84. The third kappa shape index (κ3) is 3.31. The fraction of sp³-hybridized carbons (Fsp3) is 0.143. The monoisotopic (exact) mass is 296 g/mol. The number of nitro benzene ring substituents is 1. The first-order chi connectivity index (χ1) is 9.88. The van der Waals surface area contributed by atoms with Crippen molar-refractivity contribution in [2.75, 3.05) is 5.32 Å². The third-order valence-corrected chi connectivity index (χ3v) is 2.91. The van der Waals surface area contributed by atoms with Gasteiger partial charge in [-0.1, -0.05) is 6.07 Å². The molecule has 0 aliphatic carbocycles. The molecule has 2 rings (SSSR count). The quantitative estimate of drug-likeness (QED) is 0.528. The molecule has 0 amide bonds. The highest BCUT2D eigenvalue weighted by atomic mass is 19.2. The van der Waals surface area contributed by atoms with E-state index in [2.05, 4.69) is 5.32 Å². The van der Waals surface area contributed by atoms with E-state index in [1.54, 1.807) is 13.0 Å². The van der Waals surface area contributed by atoms with E-state index < -0.39 is 22.4 Å². The molecule has 7 heteroatoms. The molecule has 0 saturated heterocycles. The van der Waals surface area contributed by atoms with Crippen molar-refractivity contribution in [3.63, 3.8) is 0 Å². The molecule has 0 aliphatic rings. The first kappa shape index (κ1) is 14.8. The molecule has 0 unspecified atom stereocenters. The summed E-state index contributed by atoms with van der Waals surface area (Å²) in [4.78, 5) is 10.3. The van der Waals surface area contributed by atoms with E-state index in [1.165, 1.54) is 12.1 Å². The molecule has 0 spiro atoms. The van der Waals surface area contributed by atoms with E-state index in [0.29, 0.717) is 6.07 Å². The summed E-state index contributed by atoms with van der Waals surface area (Å²) in [6, 6.07) is 5.58. The lowest BCUT2D eigenvalue weighted by atomic mass is 10.1. The first-order valence-corrected chi connectivity index (χ1v) is 6.01. The number of rotatable bonds is 4. The number of nitrogens with zero attached hydrogens (tertiary/aromatic N) is 1. The number of hydrogen-bond acceptors (Lipinski definition) is 3. The molecule has 0 heterocycles. The number of nitrogens with one attached hydrogen (secondary N) is 1. The van der Waals surface area contributed by atoms with Crippen LogP contribution in [0.4, 0.5) is 24.5 Å². The lowest BCUT2D eigenvalue weighted by Gasteiger charge is -2.09. The maximum atomic E-state index is 13.5. The lowest BCUT2D eigenvalue weighted by molar-refractivity contribution is -0.384. The number of benzene rings is 2. The Labute approximate surface area is 118 Å². The number of nitro groups is 1. The fourth-order valence-corrected chi connectivity index (χ4v) is 1.84. The summed E-state index contributed by atoms with van der Waals surface area (Å²) >= 11 is 0. The van der Waals surface area contributed by atoms with Gasteiger partial charge < -0.3 is 5.32 Å². The zero-order chi connectivity index (χ0) is 15.6. The van der Waals surface area contributed by atoms with Gasteiger partial charge in [0.2, 0.25) is 0 Å². The van der Waals surface area contributed by atoms with Gasteiger partial charge in [0.15, 0.2) is 11.6 Å². The van der Waals surface area contributed by atoms with Crippen LogP contribution in [-0.4, -0.2) is 4.92 Å². The second kappa shape index (κ2) is 5.82. The summed E-state index contributed by atoms with van der Waals surface area (Å²) in [5.74, 6) is -3.37.